The third-order valence-electron chi connectivity index (χ3n) is 3.37. The van der Waals surface area contributed by atoms with Gasteiger partial charge in [-0.05, 0) is 31.2 Å². The molecule has 0 amide bonds. The van der Waals surface area contributed by atoms with Crippen LogP contribution in [-0.2, 0) is 14.6 Å². The van der Waals surface area contributed by atoms with Crippen LogP contribution in [0.15, 0.2) is 29.2 Å². The lowest BCUT2D eigenvalue weighted by molar-refractivity contribution is 0.0243. The molecule has 1 unspecified atom stereocenters. The van der Waals surface area contributed by atoms with E-state index in [0.29, 0.717) is 23.8 Å². The summed E-state index contributed by atoms with van der Waals surface area (Å²) in [5.41, 5.74) is 6.14. The molecule has 6 heteroatoms. The summed E-state index contributed by atoms with van der Waals surface area (Å²) in [6.07, 6.45) is 0. The number of benzene rings is 1. The van der Waals surface area contributed by atoms with Gasteiger partial charge in [0.2, 0.25) is 0 Å². The zero-order chi connectivity index (χ0) is 13.9. The van der Waals surface area contributed by atoms with Crippen LogP contribution in [0.3, 0.4) is 0 Å². The van der Waals surface area contributed by atoms with Gasteiger partial charge in [-0.2, -0.15) is 0 Å². The molecule has 1 aromatic carbocycles. The molecule has 1 heterocycles. The molecule has 5 nitrogen and oxygen atoms in total. The van der Waals surface area contributed by atoms with E-state index in [4.69, 9.17) is 10.5 Å². The van der Waals surface area contributed by atoms with Crippen molar-refractivity contribution in [1.29, 1.82) is 0 Å². The number of nitrogens with two attached hydrogens (primary N) is 1. The number of hydrogen-bond acceptors (Lipinski definition) is 5. The van der Waals surface area contributed by atoms with Gasteiger partial charge in [0.1, 0.15) is 0 Å². The fraction of sp³-hybridized carbons (Fsp3) is 0.538. The number of morpholine rings is 1. The third-order valence-corrected chi connectivity index (χ3v) is 5.28. The van der Waals surface area contributed by atoms with E-state index in [1.807, 2.05) is 6.92 Å². The highest BCUT2D eigenvalue weighted by atomic mass is 32.2. The minimum Gasteiger partial charge on any atom is -0.399 e. The molecule has 2 rings (SSSR count). The predicted molar refractivity (Wildman–Crippen MR) is 74.8 cm³/mol. The van der Waals surface area contributed by atoms with Gasteiger partial charge in [-0.25, -0.2) is 8.42 Å². The summed E-state index contributed by atoms with van der Waals surface area (Å²) in [7, 11) is -3.26. The van der Waals surface area contributed by atoms with E-state index < -0.39 is 9.84 Å². The summed E-state index contributed by atoms with van der Waals surface area (Å²) in [6.45, 7) is 4.87. The molecule has 0 aliphatic carbocycles. The molecule has 0 spiro atoms. The Morgan fingerprint density at radius 3 is 2.42 bits per heavy atom. The Hall–Kier alpha value is -1.11. The Balaban J connectivity index is 2.05. The van der Waals surface area contributed by atoms with Crippen LogP contribution >= 0.6 is 0 Å². The molecule has 0 aromatic heterocycles. The zero-order valence-electron chi connectivity index (χ0n) is 11.1. The van der Waals surface area contributed by atoms with Crippen LogP contribution in [0.1, 0.15) is 6.92 Å². The van der Waals surface area contributed by atoms with E-state index >= 15 is 0 Å². The highest BCUT2D eigenvalue weighted by molar-refractivity contribution is 7.91. The lowest BCUT2D eigenvalue weighted by atomic mass is 10.3. The van der Waals surface area contributed by atoms with Crippen LogP contribution in [0.25, 0.3) is 0 Å². The van der Waals surface area contributed by atoms with Gasteiger partial charge in [-0.15, -0.1) is 0 Å². The minimum absolute atomic E-state index is 0.00791. The van der Waals surface area contributed by atoms with Crippen molar-refractivity contribution in [2.24, 2.45) is 0 Å². The summed E-state index contributed by atoms with van der Waals surface area (Å²) >= 11 is 0. The predicted octanol–water partition coefficient (Wildman–Crippen LogP) is 0.763. The number of sulfone groups is 1. The summed E-state index contributed by atoms with van der Waals surface area (Å²) in [6, 6.07) is 6.36. The van der Waals surface area contributed by atoms with E-state index in [-0.39, 0.29) is 11.8 Å². The molecular formula is C13H20N2O3S. The first-order chi connectivity index (χ1) is 8.99. The largest absolute Gasteiger partial charge is 0.399 e. The molecule has 0 radical (unpaired) electrons. The normalized spacial score (nSPS) is 19.2. The van der Waals surface area contributed by atoms with E-state index in [1.165, 1.54) is 0 Å². The van der Waals surface area contributed by atoms with Crippen LogP contribution in [0.2, 0.25) is 0 Å². The van der Waals surface area contributed by atoms with Crippen molar-refractivity contribution in [2.75, 3.05) is 37.8 Å². The maximum absolute atomic E-state index is 12.3. The van der Waals surface area contributed by atoms with Crippen molar-refractivity contribution in [1.82, 2.24) is 4.90 Å². The highest BCUT2D eigenvalue weighted by Gasteiger charge is 2.24. The second-order valence-electron chi connectivity index (χ2n) is 4.85. The molecule has 2 N–H and O–H groups in total. The number of hydrogen-bond donors (Lipinski definition) is 1. The topological polar surface area (TPSA) is 72.6 Å². The van der Waals surface area contributed by atoms with Crippen molar-refractivity contribution >= 4 is 15.5 Å². The first kappa shape index (κ1) is 14.3. The average Bonchev–Trinajstić information content (AvgIpc) is 2.40. The molecule has 106 valence electrons. The maximum atomic E-state index is 12.3. The fourth-order valence-corrected chi connectivity index (χ4v) is 3.80. The molecule has 1 fully saturated rings. The summed E-state index contributed by atoms with van der Waals surface area (Å²) < 4.78 is 29.9. The van der Waals surface area contributed by atoms with Gasteiger partial charge in [0, 0.05) is 24.8 Å². The average molecular weight is 284 g/mol. The SMILES string of the molecule is CC(CS(=O)(=O)c1ccc(N)cc1)N1CCOCC1. The van der Waals surface area contributed by atoms with Crippen LogP contribution < -0.4 is 5.73 Å². The van der Waals surface area contributed by atoms with Gasteiger partial charge in [0.25, 0.3) is 0 Å². The summed E-state index contributed by atoms with van der Waals surface area (Å²) in [5, 5.41) is 0. The van der Waals surface area contributed by atoms with E-state index in [0.717, 1.165) is 13.1 Å². The zero-order valence-corrected chi connectivity index (χ0v) is 11.9. The first-order valence-corrected chi connectivity index (χ1v) is 8.04. The van der Waals surface area contributed by atoms with Crippen LogP contribution in [0.4, 0.5) is 5.69 Å². The Kier molecular flexibility index (Phi) is 4.44. The van der Waals surface area contributed by atoms with E-state index in [9.17, 15) is 8.42 Å². The molecule has 1 aliphatic heterocycles. The Labute approximate surface area is 114 Å². The molecule has 1 saturated heterocycles. The van der Waals surface area contributed by atoms with Crippen molar-refractivity contribution < 1.29 is 13.2 Å². The Morgan fingerprint density at radius 1 is 1.26 bits per heavy atom. The lowest BCUT2D eigenvalue weighted by Crippen LogP contribution is -2.45. The van der Waals surface area contributed by atoms with Gasteiger partial charge in [0.05, 0.1) is 23.9 Å². The quantitative estimate of drug-likeness (QED) is 0.827. The molecule has 19 heavy (non-hydrogen) atoms. The van der Waals surface area contributed by atoms with Crippen LogP contribution in [-0.4, -0.2) is 51.4 Å². The molecule has 1 atom stereocenters. The van der Waals surface area contributed by atoms with Gasteiger partial charge in [0.15, 0.2) is 9.84 Å². The first-order valence-electron chi connectivity index (χ1n) is 6.39. The van der Waals surface area contributed by atoms with Crippen LogP contribution in [0.5, 0.6) is 0 Å². The molecule has 1 aromatic rings. The van der Waals surface area contributed by atoms with Crippen molar-refractivity contribution in [3.8, 4) is 0 Å². The van der Waals surface area contributed by atoms with Gasteiger partial charge in [-0.1, -0.05) is 0 Å². The number of ether oxygens (including phenoxy) is 1. The molecule has 0 bridgehead atoms. The number of nitrogens with zero attached hydrogens (tertiary/aromatic N) is 1. The fourth-order valence-electron chi connectivity index (χ4n) is 2.21. The van der Waals surface area contributed by atoms with Crippen LogP contribution in [0, 0.1) is 0 Å². The van der Waals surface area contributed by atoms with Gasteiger partial charge >= 0.3 is 0 Å². The monoisotopic (exact) mass is 284 g/mol. The van der Waals surface area contributed by atoms with E-state index in [2.05, 4.69) is 4.90 Å². The van der Waals surface area contributed by atoms with Gasteiger partial charge < -0.3 is 10.5 Å². The second-order valence-corrected chi connectivity index (χ2v) is 6.88. The smallest absolute Gasteiger partial charge is 0.179 e. The molecule has 0 saturated carbocycles. The van der Waals surface area contributed by atoms with E-state index in [1.54, 1.807) is 24.3 Å². The Bertz CT molecular complexity index is 507. The highest BCUT2D eigenvalue weighted by Crippen LogP contribution is 2.16. The maximum Gasteiger partial charge on any atom is 0.179 e. The number of anilines is 1. The summed E-state index contributed by atoms with van der Waals surface area (Å²) in [5.74, 6) is 0.122. The van der Waals surface area contributed by atoms with Crippen molar-refractivity contribution in [2.45, 2.75) is 17.9 Å². The van der Waals surface area contributed by atoms with Crippen molar-refractivity contribution in [3.05, 3.63) is 24.3 Å². The number of nitrogen functional groups attached to an aromatic ring is 1. The lowest BCUT2D eigenvalue weighted by Gasteiger charge is -2.32. The second kappa shape index (κ2) is 5.90. The third kappa shape index (κ3) is 3.68. The Morgan fingerprint density at radius 2 is 1.84 bits per heavy atom. The minimum atomic E-state index is -3.26. The van der Waals surface area contributed by atoms with Gasteiger partial charge in [-0.3, -0.25) is 4.90 Å². The summed E-state index contributed by atoms with van der Waals surface area (Å²) in [4.78, 5) is 2.49. The molecule has 1 aliphatic rings. The van der Waals surface area contributed by atoms with Crippen molar-refractivity contribution in [3.63, 3.8) is 0 Å². The molecular weight excluding hydrogens is 264 g/mol. The number of rotatable bonds is 4. The standard InChI is InChI=1S/C13H20N2O3S/c1-11(15-6-8-18-9-7-15)10-19(16,17)13-4-2-12(14)3-5-13/h2-5,11H,6-10,14H2,1H3.